The predicted octanol–water partition coefficient (Wildman–Crippen LogP) is 0.872. The molecule has 0 spiro atoms. The first-order valence-corrected chi connectivity index (χ1v) is 6.61. The highest BCUT2D eigenvalue weighted by Gasteiger charge is 2.28. The molecule has 1 atom stereocenters. The molecule has 1 aliphatic rings. The van der Waals surface area contributed by atoms with Crippen LogP contribution in [0.4, 0.5) is 0 Å². The van der Waals surface area contributed by atoms with Crippen LogP contribution in [0.25, 0.3) is 0 Å². The highest BCUT2D eigenvalue weighted by molar-refractivity contribution is 7.90. The third-order valence-electron chi connectivity index (χ3n) is 2.35. The van der Waals surface area contributed by atoms with Gasteiger partial charge in [0.05, 0.1) is 6.10 Å². The zero-order chi connectivity index (χ0) is 11.9. The minimum absolute atomic E-state index is 0.00111. The summed E-state index contributed by atoms with van der Waals surface area (Å²) in [5.74, 6) is 0.589. The number of ether oxygens (including phenoxy) is 2. The predicted molar refractivity (Wildman–Crippen MR) is 56.3 cm³/mol. The second-order valence-electron chi connectivity index (χ2n) is 3.67. The van der Waals surface area contributed by atoms with Gasteiger partial charge in [0.2, 0.25) is 6.79 Å². The van der Waals surface area contributed by atoms with Gasteiger partial charge in [-0.15, -0.1) is 0 Å². The standard InChI is InChI=1S/C10H12O5S/c1-6(11)7-3-4-8-9(15-5-14-8)10(7)16(2,12)13/h3-4,6,11H,5H2,1-2H3. The minimum Gasteiger partial charge on any atom is -0.454 e. The third kappa shape index (κ3) is 1.74. The van der Waals surface area contributed by atoms with E-state index in [1.54, 1.807) is 6.07 Å². The molecule has 2 rings (SSSR count). The summed E-state index contributed by atoms with van der Waals surface area (Å²) in [6, 6.07) is 3.13. The van der Waals surface area contributed by atoms with Gasteiger partial charge in [-0.05, 0) is 13.0 Å². The second kappa shape index (κ2) is 3.64. The average Bonchev–Trinajstić information content (AvgIpc) is 2.61. The van der Waals surface area contributed by atoms with Crippen molar-refractivity contribution in [2.75, 3.05) is 13.0 Å². The van der Waals surface area contributed by atoms with E-state index in [0.29, 0.717) is 11.3 Å². The van der Waals surface area contributed by atoms with E-state index in [1.165, 1.54) is 13.0 Å². The molecule has 6 heteroatoms. The Balaban J connectivity index is 2.75. The maximum absolute atomic E-state index is 11.7. The summed E-state index contributed by atoms with van der Waals surface area (Å²) < 4.78 is 33.6. The monoisotopic (exact) mass is 244 g/mol. The molecule has 1 unspecified atom stereocenters. The molecule has 1 N–H and O–H groups in total. The summed E-state index contributed by atoms with van der Waals surface area (Å²) in [6.45, 7) is 1.51. The van der Waals surface area contributed by atoms with Gasteiger partial charge in [-0.25, -0.2) is 8.42 Å². The molecule has 0 saturated carbocycles. The molecule has 0 bridgehead atoms. The molecule has 0 aliphatic carbocycles. The first kappa shape index (κ1) is 11.2. The van der Waals surface area contributed by atoms with Crippen molar-refractivity contribution in [3.63, 3.8) is 0 Å². The first-order valence-electron chi connectivity index (χ1n) is 4.72. The maximum atomic E-state index is 11.7. The number of sulfone groups is 1. The van der Waals surface area contributed by atoms with E-state index in [-0.39, 0.29) is 17.4 Å². The third-order valence-corrected chi connectivity index (χ3v) is 3.51. The van der Waals surface area contributed by atoms with Crippen LogP contribution in [0.2, 0.25) is 0 Å². The molecule has 1 aromatic carbocycles. The molecule has 0 radical (unpaired) electrons. The van der Waals surface area contributed by atoms with Gasteiger partial charge in [0, 0.05) is 11.8 Å². The van der Waals surface area contributed by atoms with Crippen molar-refractivity contribution in [2.45, 2.75) is 17.9 Å². The summed E-state index contributed by atoms with van der Waals surface area (Å²) >= 11 is 0. The van der Waals surface area contributed by atoms with Crippen LogP contribution in [0.15, 0.2) is 17.0 Å². The van der Waals surface area contributed by atoms with Crippen molar-refractivity contribution in [3.8, 4) is 11.5 Å². The van der Waals surface area contributed by atoms with Crippen molar-refractivity contribution in [1.82, 2.24) is 0 Å². The Hall–Kier alpha value is -1.27. The number of fused-ring (bicyclic) bond motifs is 1. The number of benzene rings is 1. The summed E-state index contributed by atoms with van der Waals surface area (Å²) in [6.07, 6.45) is 0.204. The van der Waals surface area contributed by atoms with Gasteiger partial charge in [0.15, 0.2) is 21.3 Å². The lowest BCUT2D eigenvalue weighted by Gasteiger charge is -2.12. The van der Waals surface area contributed by atoms with Gasteiger partial charge >= 0.3 is 0 Å². The molecule has 1 heterocycles. The van der Waals surface area contributed by atoms with Crippen molar-refractivity contribution >= 4 is 9.84 Å². The highest BCUT2D eigenvalue weighted by atomic mass is 32.2. The van der Waals surface area contributed by atoms with Crippen LogP contribution in [0.5, 0.6) is 11.5 Å². The van der Waals surface area contributed by atoms with Gasteiger partial charge in [-0.1, -0.05) is 6.07 Å². The van der Waals surface area contributed by atoms with E-state index < -0.39 is 15.9 Å². The molecule has 0 aromatic heterocycles. The van der Waals surface area contributed by atoms with Crippen LogP contribution in [0, 0.1) is 0 Å². The molecular formula is C10H12O5S. The Morgan fingerprint density at radius 1 is 1.38 bits per heavy atom. The number of hydrogen-bond acceptors (Lipinski definition) is 5. The van der Waals surface area contributed by atoms with Crippen LogP contribution >= 0.6 is 0 Å². The zero-order valence-electron chi connectivity index (χ0n) is 8.93. The maximum Gasteiger partial charge on any atom is 0.231 e. The lowest BCUT2D eigenvalue weighted by Crippen LogP contribution is -2.06. The fraction of sp³-hybridized carbons (Fsp3) is 0.400. The molecule has 5 nitrogen and oxygen atoms in total. The van der Waals surface area contributed by atoms with Crippen molar-refractivity contribution in [1.29, 1.82) is 0 Å². The average molecular weight is 244 g/mol. The fourth-order valence-corrected chi connectivity index (χ4v) is 2.84. The highest BCUT2D eigenvalue weighted by Crippen LogP contribution is 2.41. The number of hydrogen-bond donors (Lipinski definition) is 1. The lowest BCUT2D eigenvalue weighted by atomic mass is 10.1. The van der Waals surface area contributed by atoms with E-state index in [0.717, 1.165) is 6.26 Å². The molecule has 0 fully saturated rings. The van der Waals surface area contributed by atoms with Gasteiger partial charge < -0.3 is 14.6 Å². The van der Waals surface area contributed by atoms with E-state index in [2.05, 4.69) is 0 Å². The Bertz CT molecular complexity index is 518. The fourth-order valence-electron chi connectivity index (χ4n) is 1.67. The number of rotatable bonds is 2. The molecule has 88 valence electrons. The SMILES string of the molecule is CC(O)c1ccc2c(c1S(C)(=O)=O)OCO2. The summed E-state index contributed by atoms with van der Waals surface area (Å²) in [5, 5.41) is 9.54. The Morgan fingerprint density at radius 2 is 2.06 bits per heavy atom. The smallest absolute Gasteiger partial charge is 0.231 e. The van der Waals surface area contributed by atoms with Crippen molar-refractivity contribution < 1.29 is 23.0 Å². The van der Waals surface area contributed by atoms with Gasteiger partial charge in [0.1, 0.15) is 4.90 Å². The van der Waals surface area contributed by atoms with Crippen LogP contribution in [0.1, 0.15) is 18.6 Å². The molecule has 1 aliphatic heterocycles. The molecule has 0 saturated heterocycles. The van der Waals surface area contributed by atoms with Crippen LogP contribution in [-0.4, -0.2) is 26.6 Å². The molecular weight excluding hydrogens is 232 g/mol. The lowest BCUT2D eigenvalue weighted by molar-refractivity contribution is 0.170. The Labute approximate surface area is 93.5 Å². The van der Waals surface area contributed by atoms with Crippen LogP contribution in [-0.2, 0) is 9.84 Å². The van der Waals surface area contributed by atoms with E-state index in [1.807, 2.05) is 0 Å². The van der Waals surface area contributed by atoms with Crippen molar-refractivity contribution in [3.05, 3.63) is 17.7 Å². The van der Waals surface area contributed by atoms with Gasteiger partial charge in [0.25, 0.3) is 0 Å². The quantitative estimate of drug-likeness (QED) is 0.835. The van der Waals surface area contributed by atoms with Gasteiger partial charge in [-0.2, -0.15) is 0 Å². The number of aliphatic hydroxyl groups excluding tert-OH is 1. The van der Waals surface area contributed by atoms with E-state index in [4.69, 9.17) is 9.47 Å². The Kier molecular flexibility index (Phi) is 2.55. The zero-order valence-corrected chi connectivity index (χ0v) is 9.74. The first-order chi connectivity index (χ1) is 7.41. The largest absolute Gasteiger partial charge is 0.454 e. The van der Waals surface area contributed by atoms with Crippen LogP contribution < -0.4 is 9.47 Å². The molecule has 1 aromatic rings. The normalized spacial score (nSPS) is 16.2. The minimum atomic E-state index is -3.47. The topological polar surface area (TPSA) is 72.8 Å². The van der Waals surface area contributed by atoms with Crippen molar-refractivity contribution in [2.24, 2.45) is 0 Å². The summed E-state index contributed by atoms with van der Waals surface area (Å²) in [4.78, 5) is 0.0116. The van der Waals surface area contributed by atoms with Crippen LogP contribution in [0.3, 0.4) is 0 Å². The number of aliphatic hydroxyl groups is 1. The van der Waals surface area contributed by atoms with E-state index in [9.17, 15) is 13.5 Å². The second-order valence-corrected chi connectivity index (χ2v) is 5.62. The Morgan fingerprint density at radius 3 is 2.62 bits per heavy atom. The van der Waals surface area contributed by atoms with Gasteiger partial charge in [-0.3, -0.25) is 0 Å². The molecule has 0 amide bonds. The van der Waals surface area contributed by atoms with E-state index >= 15 is 0 Å². The molecule has 16 heavy (non-hydrogen) atoms. The summed E-state index contributed by atoms with van der Waals surface area (Å²) in [5.41, 5.74) is 0.326. The summed E-state index contributed by atoms with van der Waals surface area (Å²) in [7, 11) is -3.47.